The summed E-state index contributed by atoms with van der Waals surface area (Å²) in [6, 6.07) is 15.4. The molecule has 8 heteroatoms. The van der Waals surface area contributed by atoms with Gasteiger partial charge in [-0.05, 0) is 38.0 Å². The number of aromatic nitrogens is 2. The van der Waals surface area contributed by atoms with Crippen molar-refractivity contribution in [3.05, 3.63) is 66.5 Å². The SMILES string of the molecule is CCOc1ccccc1OC1CCCN(c2ncc(N(C=O)Cc3ccccc3OC)cn2)C1. The van der Waals surface area contributed by atoms with Crippen molar-refractivity contribution in [3.63, 3.8) is 0 Å². The fourth-order valence-corrected chi connectivity index (χ4v) is 4.05. The highest BCUT2D eigenvalue weighted by Crippen LogP contribution is 2.30. The van der Waals surface area contributed by atoms with E-state index in [1.54, 1.807) is 24.4 Å². The van der Waals surface area contributed by atoms with Crippen molar-refractivity contribution in [1.29, 1.82) is 0 Å². The molecule has 0 bridgehead atoms. The minimum absolute atomic E-state index is 0.00986. The van der Waals surface area contributed by atoms with E-state index in [0.29, 0.717) is 31.3 Å². The second kappa shape index (κ2) is 11.4. The molecule has 2 aromatic carbocycles. The number of hydrogen-bond donors (Lipinski definition) is 0. The lowest BCUT2D eigenvalue weighted by Gasteiger charge is -2.33. The molecule has 0 saturated carbocycles. The van der Waals surface area contributed by atoms with Gasteiger partial charge in [0, 0.05) is 12.1 Å². The summed E-state index contributed by atoms with van der Waals surface area (Å²) >= 11 is 0. The van der Waals surface area contributed by atoms with Crippen LogP contribution >= 0.6 is 0 Å². The van der Waals surface area contributed by atoms with E-state index >= 15 is 0 Å². The number of anilines is 2. The Morgan fingerprint density at radius 2 is 1.76 bits per heavy atom. The van der Waals surface area contributed by atoms with E-state index in [0.717, 1.165) is 48.6 Å². The number of para-hydroxylation sites is 3. The van der Waals surface area contributed by atoms with Crippen molar-refractivity contribution < 1.29 is 19.0 Å². The van der Waals surface area contributed by atoms with Gasteiger partial charge >= 0.3 is 0 Å². The molecule has 1 aliphatic heterocycles. The summed E-state index contributed by atoms with van der Waals surface area (Å²) in [5, 5.41) is 0. The Labute approximate surface area is 200 Å². The van der Waals surface area contributed by atoms with Crippen molar-refractivity contribution >= 4 is 18.0 Å². The minimum Gasteiger partial charge on any atom is -0.496 e. The molecular weight excluding hydrogens is 432 g/mol. The Bertz CT molecular complexity index is 1080. The number of hydrogen-bond acceptors (Lipinski definition) is 7. The fourth-order valence-electron chi connectivity index (χ4n) is 4.05. The summed E-state index contributed by atoms with van der Waals surface area (Å²) in [7, 11) is 1.62. The smallest absolute Gasteiger partial charge is 0.225 e. The summed E-state index contributed by atoms with van der Waals surface area (Å²) in [6.45, 7) is 4.45. The molecule has 1 aromatic heterocycles. The van der Waals surface area contributed by atoms with Crippen molar-refractivity contribution in [2.24, 2.45) is 0 Å². The van der Waals surface area contributed by atoms with Gasteiger partial charge in [0.2, 0.25) is 12.4 Å². The number of rotatable bonds is 10. The van der Waals surface area contributed by atoms with Gasteiger partial charge in [-0.25, -0.2) is 9.97 Å². The number of carbonyl (C=O) groups excluding carboxylic acids is 1. The quantitative estimate of drug-likeness (QED) is 0.420. The van der Waals surface area contributed by atoms with Gasteiger partial charge in [0.15, 0.2) is 11.5 Å². The van der Waals surface area contributed by atoms with Crippen LogP contribution in [0, 0.1) is 0 Å². The van der Waals surface area contributed by atoms with Crippen LogP contribution in [0.25, 0.3) is 0 Å². The lowest BCUT2D eigenvalue weighted by molar-refractivity contribution is -0.107. The van der Waals surface area contributed by atoms with Gasteiger partial charge in [0.05, 0.1) is 44.9 Å². The van der Waals surface area contributed by atoms with Crippen molar-refractivity contribution in [1.82, 2.24) is 9.97 Å². The molecular formula is C26H30N4O4. The maximum absolute atomic E-state index is 11.8. The molecule has 1 saturated heterocycles. The van der Waals surface area contributed by atoms with Gasteiger partial charge in [0.1, 0.15) is 11.9 Å². The van der Waals surface area contributed by atoms with E-state index in [4.69, 9.17) is 14.2 Å². The van der Waals surface area contributed by atoms with Crippen LogP contribution in [0.15, 0.2) is 60.9 Å². The Hall–Kier alpha value is -3.81. The normalized spacial score (nSPS) is 15.5. The standard InChI is InChI=1S/C26H30N4O4/c1-3-33-24-12-6-7-13-25(24)34-22-10-8-14-29(18-22)26-27-15-21(16-28-26)30(19-31)17-20-9-4-5-11-23(20)32-2/h4-7,9,11-13,15-16,19,22H,3,8,10,14,17-18H2,1-2H3. The van der Waals surface area contributed by atoms with Crippen molar-refractivity contribution in [2.45, 2.75) is 32.4 Å². The van der Waals surface area contributed by atoms with Crippen LogP contribution < -0.4 is 24.0 Å². The first-order chi connectivity index (χ1) is 16.7. The van der Waals surface area contributed by atoms with E-state index in [-0.39, 0.29) is 6.10 Å². The molecule has 4 rings (SSSR count). The molecule has 1 amide bonds. The maximum atomic E-state index is 11.8. The average molecular weight is 463 g/mol. The summed E-state index contributed by atoms with van der Waals surface area (Å²) in [5.74, 6) is 2.87. The zero-order chi connectivity index (χ0) is 23.8. The molecule has 34 heavy (non-hydrogen) atoms. The predicted molar refractivity (Wildman–Crippen MR) is 131 cm³/mol. The van der Waals surface area contributed by atoms with Crippen LogP contribution in [0.3, 0.4) is 0 Å². The molecule has 178 valence electrons. The summed E-state index contributed by atoms with van der Waals surface area (Å²) in [6.07, 6.45) is 6.08. The van der Waals surface area contributed by atoms with Gasteiger partial charge in [-0.2, -0.15) is 0 Å². The number of ether oxygens (including phenoxy) is 3. The zero-order valence-electron chi connectivity index (χ0n) is 19.6. The first-order valence-electron chi connectivity index (χ1n) is 11.5. The van der Waals surface area contributed by atoms with Gasteiger partial charge in [-0.15, -0.1) is 0 Å². The Morgan fingerprint density at radius 1 is 1.06 bits per heavy atom. The summed E-state index contributed by atoms with van der Waals surface area (Å²) in [4.78, 5) is 24.6. The third-order valence-corrected chi connectivity index (χ3v) is 5.72. The van der Waals surface area contributed by atoms with E-state index in [1.807, 2.05) is 55.5 Å². The topological polar surface area (TPSA) is 77.0 Å². The van der Waals surface area contributed by atoms with Crippen LogP contribution in [0.2, 0.25) is 0 Å². The van der Waals surface area contributed by atoms with Gasteiger partial charge < -0.3 is 24.0 Å². The van der Waals surface area contributed by atoms with Crippen LogP contribution in [0.5, 0.6) is 17.2 Å². The second-order valence-electron chi connectivity index (χ2n) is 7.99. The number of piperidine rings is 1. The second-order valence-corrected chi connectivity index (χ2v) is 7.99. The Morgan fingerprint density at radius 3 is 2.47 bits per heavy atom. The highest BCUT2D eigenvalue weighted by molar-refractivity contribution is 5.74. The van der Waals surface area contributed by atoms with E-state index in [9.17, 15) is 4.79 Å². The Balaban J connectivity index is 1.42. The third-order valence-electron chi connectivity index (χ3n) is 5.72. The van der Waals surface area contributed by atoms with Crippen LogP contribution in [-0.2, 0) is 11.3 Å². The van der Waals surface area contributed by atoms with Crippen LogP contribution in [0.4, 0.5) is 11.6 Å². The van der Waals surface area contributed by atoms with E-state index < -0.39 is 0 Å². The summed E-state index contributed by atoms with van der Waals surface area (Å²) in [5.41, 5.74) is 1.53. The first kappa shape index (κ1) is 23.4. The molecule has 1 unspecified atom stereocenters. The molecule has 0 spiro atoms. The molecule has 8 nitrogen and oxygen atoms in total. The molecule has 1 atom stereocenters. The molecule has 2 heterocycles. The van der Waals surface area contributed by atoms with Gasteiger partial charge in [-0.3, -0.25) is 4.79 Å². The predicted octanol–water partition coefficient (Wildman–Crippen LogP) is 4.09. The highest BCUT2D eigenvalue weighted by Gasteiger charge is 2.24. The summed E-state index contributed by atoms with van der Waals surface area (Å²) < 4.78 is 17.4. The van der Waals surface area contributed by atoms with Gasteiger partial charge in [-0.1, -0.05) is 30.3 Å². The maximum Gasteiger partial charge on any atom is 0.225 e. The number of carbonyl (C=O) groups is 1. The minimum atomic E-state index is 0.00986. The Kier molecular flexibility index (Phi) is 7.80. The third kappa shape index (κ3) is 5.57. The number of benzene rings is 2. The molecule has 0 aliphatic carbocycles. The highest BCUT2D eigenvalue weighted by atomic mass is 16.5. The molecule has 1 aliphatic rings. The molecule has 1 fully saturated rings. The lowest BCUT2D eigenvalue weighted by Crippen LogP contribution is -2.42. The molecule has 3 aromatic rings. The van der Waals surface area contributed by atoms with Crippen molar-refractivity contribution in [3.8, 4) is 17.2 Å². The number of nitrogens with zero attached hydrogens (tertiary/aromatic N) is 4. The molecule has 0 radical (unpaired) electrons. The average Bonchev–Trinajstić information content (AvgIpc) is 2.89. The van der Waals surface area contributed by atoms with Gasteiger partial charge in [0.25, 0.3) is 0 Å². The number of methoxy groups -OCH3 is 1. The number of amides is 1. The largest absolute Gasteiger partial charge is 0.496 e. The van der Waals surface area contributed by atoms with Crippen molar-refractivity contribution in [2.75, 3.05) is 36.6 Å². The van der Waals surface area contributed by atoms with Crippen LogP contribution in [-0.4, -0.2) is 49.3 Å². The zero-order valence-corrected chi connectivity index (χ0v) is 19.6. The lowest BCUT2D eigenvalue weighted by atomic mass is 10.1. The van der Waals surface area contributed by atoms with E-state index in [2.05, 4.69) is 14.9 Å². The monoisotopic (exact) mass is 462 g/mol. The van der Waals surface area contributed by atoms with Crippen LogP contribution in [0.1, 0.15) is 25.3 Å². The molecule has 0 N–H and O–H groups in total. The van der Waals surface area contributed by atoms with E-state index in [1.165, 1.54) is 0 Å². The fraction of sp³-hybridized carbons (Fsp3) is 0.346. The first-order valence-corrected chi connectivity index (χ1v) is 11.5.